The maximum atomic E-state index is 14.1. The minimum absolute atomic E-state index is 0.000682. The van der Waals surface area contributed by atoms with E-state index in [0.717, 1.165) is 30.6 Å². The molecular weight excluding hydrogens is 641 g/mol. The third-order valence-corrected chi connectivity index (χ3v) is 12.6. The molecule has 2 aliphatic heterocycles. The fraction of sp³-hybridized carbons (Fsp3) is 0.765. The maximum Gasteiger partial charge on any atom is 0.334 e. The number of nitrogens with zero attached hydrogens (tertiary/aromatic N) is 4. The van der Waals surface area contributed by atoms with Gasteiger partial charge in [0.05, 0.1) is 10.7 Å². The van der Waals surface area contributed by atoms with Crippen LogP contribution in [0.1, 0.15) is 105 Å². The van der Waals surface area contributed by atoms with Crippen LogP contribution in [0.25, 0.3) is 0 Å². The molecule has 5 fully saturated rings. The van der Waals surface area contributed by atoms with Gasteiger partial charge >= 0.3 is 18.0 Å². The van der Waals surface area contributed by atoms with E-state index >= 15 is 0 Å². The van der Waals surface area contributed by atoms with Crippen LogP contribution < -0.4 is 0 Å². The van der Waals surface area contributed by atoms with Crippen LogP contribution in [-0.2, 0) is 23.9 Å². The molecule has 0 N–H and O–H groups in total. The molecule has 2 heterocycles. The number of thioether (sulfide) groups is 2. The van der Waals surface area contributed by atoms with Crippen LogP contribution in [0.2, 0.25) is 0 Å². The van der Waals surface area contributed by atoms with Gasteiger partial charge in [-0.3, -0.25) is 33.9 Å². The summed E-state index contributed by atoms with van der Waals surface area (Å²) < 4.78 is 6.12. The number of ether oxygens (including phenoxy) is 1. The fourth-order valence-electron chi connectivity index (χ4n) is 8.35. The van der Waals surface area contributed by atoms with E-state index < -0.39 is 41.0 Å². The zero-order chi connectivity index (χ0) is 34.3. The predicted octanol–water partition coefficient (Wildman–Crippen LogP) is 5.77. The van der Waals surface area contributed by atoms with Crippen molar-refractivity contribution in [3.05, 3.63) is 9.81 Å². The Kier molecular flexibility index (Phi) is 10.5. The Bertz CT molecular complexity index is 1330. The monoisotopic (exact) mass is 690 g/mol. The molecule has 2 spiro atoms. The van der Waals surface area contributed by atoms with Crippen molar-refractivity contribution >= 4 is 59.3 Å². The second kappa shape index (κ2) is 13.8. The molecule has 11 nitrogen and oxygen atoms in total. The van der Waals surface area contributed by atoms with Gasteiger partial charge in [-0.1, -0.05) is 26.7 Å². The van der Waals surface area contributed by atoms with Gasteiger partial charge in [0, 0.05) is 26.2 Å². The lowest BCUT2D eigenvalue weighted by Crippen LogP contribution is -2.66. The number of amides is 7. The molecule has 0 unspecified atom stereocenters. The van der Waals surface area contributed by atoms with E-state index in [9.17, 15) is 28.8 Å². The molecule has 0 aromatic rings. The highest BCUT2D eigenvalue weighted by atomic mass is 32.2. The summed E-state index contributed by atoms with van der Waals surface area (Å²) in [7, 11) is 1.49. The van der Waals surface area contributed by atoms with Crippen molar-refractivity contribution in [2.75, 3.05) is 31.6 Å². The van der Waals surface area contributed by atoms with Gasteiger partial charge in [-0.25, -0.2) is 9.59 Å². The van der Waals surface area contributed by atoms with Crippen molar-refractivity contribution in [3.8, 4) is 0 Å². The third kappa shape index (κ3) is 6.85. The van der Waals surface area contributed by atoms with Gasteiger partial charge in [0.2, 0.25) is 0 Å². The van der Waals surface area contributed by atoms with Crippen molar-refractivity contribution in [2.45, 2.75) is 122 Å². The van der Waals surface area contributed by atoms with Gasteiger partial charge in [0.25, 0.3) is 17.7 Å². The van der Waals surface area contributed by atoms with Crippen LogP contribution in [0.3, 0.4) is 0 Å². The molecule has 3 aliphatic carbocycles. The first-order valence-electron chi connectivity index (χ1n) is 17.2. The topological polar surface area (TPSA) is 125 Å². The normalized spacial score (nSPS) is 28.8. The van der Waals surface area contributed by atoms with Crippen LogP contribution in [0.5, 0.6) is 0 Å². The molecule has 0 radical (unpaired) electrons. The summed E-state index contributed by atoms with van der Waals surface area (Å²) in [5.41, 5.74) is -1.71. The Hall–Kier alpha value is -2.54. The van der Waals surface area contributed by atoms with Crippen molar-refractivity contribution in [1.29, 1.82) is 0 Å². The van der Waals surface area contributed by atoms with E-state index in [0.29, 0.717) is 60.8 Å². The largest absolute Gasteiger partial charge is 0.460 e. The van der Waals surface area contributed by atoms with Gasteiger partial charge in [0.1, 0.15) is 16.7 Å². The molecular formula is C34H50N4O7S2. The van der Waals surface area contributed by atoms with Crippen LogP contribution in [0.4, 0.5) is 9.59 Å². The number of carbonyl (C=O) groups is 6. The standard InChI is InChI=1S/C34H50N4O7S2/c1-7-46-28(47-8-2)25-26(40)36(19-22-11-9-10-12-22)31(44)38(27(25)41)23-13-16-33(17-14-23)20-34(21-33)29(42)35(6)30(43)37(34)18-15-24(39)45-32(3,4)5/h22-23H,7-21H2,1-6H3. The van der Waals surface area contributed by atoms with Crippen molar-refractivity contribution in [2.24, 2.45) is 11.3 Å². The molecule has 0 aromatic carbocycles. The zero-order valence-electron chi connectivity index (χ0n) is 28.7. The summed E-state index contributed by atoms with van der Waals surface area (Å²) in [6, 6.07) is -1.25. The Morgan fingerprint density at radius 1 is 0.894 bits per heavy atom. The van der Waals surface area contributed by atoms with E-state index in [-0.39, 0.29) is 41.8 Å². The molecule has 13 heteroatoms. The number of rotatable bonds is 10. The van der Waals surface area contributed by atoms with E-state index in [1.807, 2.05) is 13.8 Å². The minimum atomic E-state index is -0.985. The van der Waals surface area contributed by atoms with Crippen molar-refractivity contribution in [1.82, 2.24) is 19.6 Å². The molecule has 7 amide bonds. The van der Waals surface area contributed by atoms with Crippen LogP contribution >= 0.6 is 23.5 Å². The zero-order valence-corrected chi connectivity index (χ0v) is 30.4. The van der Waals surface area contributed by atoms with Crippen LogP contribution in [0, 0.1) is 11.3 Å². The second-order valence-electron chi connectivity index (χ2n) is 14.8. The van der Waals surface area contributed by atoms with E-state index in [4.69, 9.17) is 4.74 Å². The molecule has 3 saturated carbocycles. The van der Waals surface area contributed by atoms with Gasteiger partial charge in [0.15, 0.2) is 0 Å². The molecule has 2 saturated heterocycles. The lowest BCUT2D eigenvalue weighted by molar-refractivity contribution is -0.158. The molecule has 260 valence electrons. The van der Waals surface area contributed by atoms with E-state index in [1.54, 1.807) is 25.7 Å². The number of esters is 1. The first kappa shape index (κ1) is 35.8. The van der Waals surface area contributed by atoms with Gasteiger partial charge in [-0.2, -0.15) is 0 Å². The van der Waals surface area contributed by atoms with E-state index in [2.05, 4.69) is 0 Å². The summed E-state index contributed by atoms with van der Waals surface area (Å²) >= 11 is 2.96. The lowest BCUT2D eigenvalue weighted by atomic mass is 9.51. The SMILES string of the molecule is CCSC(SCC)=C1C(=O)N(CC2CCCC2)C(=O)N(C2CCC3(CC2)CC2(C3)C(=O)N(C)C(=O)N2CCC(=O)OC(C)(C)C)C1=O. The summed E-state index contributed by atoms with van der Waals surface area (Å²) in [6.07, 6.45) is 7.62. The highest BCUT2D eigenvalue weighted by Crippen LogP contribution is 2.61. The first-order chi connectivity index (χ1) is 22.2. The predicted molar refractivity (Wildman–Crippen MR) is 181 cm³/mol. The minimum Gasteiger partial charge on any atom is -0.460 e. The summed E-state index contributed by atoms with van der Waals surface area (Å²) in [4.78, 5) is 86.3. The smallest absolute Gasteiger partial charge is 0.334 e. The number of barbiturate groups is 1. The van der Waals surface area contributed by atoms with Crippen molar-refractivity contribution < 1.29 is 33.5 Å². The highest BCUT2D eigenvalue weighted by molar-refractivity contribution is 8.22. The molecule has 47 heavy (non-hydrogen) atoms. The molecule has 0 bridgehead atoms. The van der Waals surface area contributed by atoms with Crippen LogP contribution in [-0.4, -0.2) is 104 Å². The van der Waals surface area contributed by atoms with Crippen LogP contribution in [0.15, 0.2) is 9.81 Å². The van der Waals surface area contributed by atoms with Gasteiger partial charge in [-0.15, -0.1) is 23.5 Å². The average Bonchev–Trinajstić information content (AvgIpc) is 3.56. The Labute approximate surface area is 286 Å². The van der Waals surface area contributed by atoms with Gasteiger partial charge < -0.3 is 9.64 Å². The number of urea groups is 2. The Morgan fingerprint density at radius 3 is 2.04 bits per heavy atom. The third-order valence-electron chi connectivity index (χ3n) is 10.4. The number of hydrogen-bond donors (Lipinski definition) is 0. The first-order valence-corrected chi connectivity index (χ1v) is 19.1. The second-order valence-corrected chi connectivity index (χ2v) is 17.6. The highest BCUT2D eigenvalue weighted by Gasteiger charge is 2.68. The Morgan fingerprint density at radius 2 is 1.49 bits per heavy atom. The molecule has 0 aromatic heterocycles. The van der Waals surface area contributed by atoms with Gasteiger partial charge in [-0.05, 0) is 95.0 Å². The molecule has 0 atom stereocenters. The number of carbonyl (C=O) groups excluding carboxylic acids is 6. The number of imide groups is 3. The maximum absolute atomic E-state index is 14.1. The van der Waals surface area contributed by atoms with E-state index in [1.165, 1.54) is 40.4 Å². The quantitative estimate of drug-likeness (QED) is 0.122. The van der Waals surface area contributed by atoms with Crippen molar-refractivity contribution in [3.63, 3.8) is 0 Å². The Balaban J connectivity index is 1.32. The number of hydrogen-bond acceptors (Lipinski definition) is 9. The summed E-state index contributed by atoms with van der Waals surface area (Å²) in [6.45, 7) is 9.79. The molecule has 5 aliphatic rings. The average molecular weight is 691 g/mol. The molecule has 5 rings (SSSR count). The summed E-state index contributed by atoms with van der Waals surface area (Å²) in [5, 5.41) is 0. The lowest BCUT2D eigenvalue weighted by Gasteiger charge is -2.59. The number of likely N-dealkylation sites (N-methyl/N-ethyl adjacent to an activating group) is 1. The fourth-order valence-corrected chi connectivity index (χ4v) is 10.6. The summed E-state index contributed by atoms with van der Waals surface area (Å²) in [5.74, 6) is 0.0594.